The lowest BCUT2D eigenvalue weighted by Crippen LogP contribution is -2.21. The van der Waals surface area contributed by atoms with Crippen molar-refractivity contribution in [3.8, 4) is 5.88 Å². The van der Waals surface area contributed by atoms with Gasteiger partial charge in [0.25, 0.3) is 0 Å². The van der Waals surface area contributed by atoms with Gasteiger partial charge in [-0.15, -0.1) is 0 Å². The van der Waals surface area contributed by atoms with Gasteiger partial charge >= 0.3 is 0 Å². The van der Waals surface area contributed by atoms with Crippen LogP contribution in [0.5, 0.6) is 5.88 Å². The Kier molecular flexibility index (Phi) is 6.54. The van der Waals surface area contributed by atoms with Crippen molar-refractivity contribution in [3.05, 3.63) is 46.4 Å². The summed E-state index contributed by atoms with van der Waals surface area (Å²) in [5.41, 5.74) is 1.72. The summed E-state index contributed by atoms with van der Waals surface area (Å²) in [6, 6.07) is 6.65. The SMILES string of the molecule is CNCc1cc(OCc2ccc(F)cc2Cl)n(C(C)C2CCCCC2)n1. The molecule has 1 aliphatic carbocycles. The molecule has 0 bridgehead atoms. The van der Waals surface area contributed by atoms with Gasteiger partial charge < -0.3 is 10.1 Å². The molecule has 1 fully saturated rings. The molecule has 1 unspecified atom stereocenters. The van der Waals surface area contributed by atoms with Crippen molar-refractivity contribution in [3.63, 3.8) is 0 Å². The molecular weight excluding hydrogens is 353 g/mol. The predicted molar refractivity (Wildman–Crippen MR) is 102 cm³/mol. The van der Waals surface area contributed by atoms with E-state index in [1.165, 1.54) is 44.2 Å². The first-order valence-electron chi connectivity index (χ1n) is 9.38. The van der Waals surface area contributed by atoms with Crippen LogP contribution in [-0.2, 0) is 13.2 Å². The van der Waals surface area contributed by atoms with Gasteiger partial charge in [-0.1, -0.05) is 36.9 Å². The standard InChI is InChI=1S/C20H27ClFN3O/c1-14(15-6-4-3-5-7-15)25-20(11-18(24-25)12-23-2)26-13-16-8-9-17(22)10-19(16)21/h8-11,14-15,23H,3-7,12-13H2,1-2H3. The monoisotopic (exact) mass is 379 g/mol. The maximum atomic E-state index is 13.2. The Morgan fingerprint density at radius 2 is 2.08 bits per heavy atom. The van der Waals surface area contributed by atoms with Crippen molar-refractivity contribution < 1.29 is 9.13 Å². The van der Waals surface area contributed by atoms with Crippen molar-refractivity contribution in [2.45, 2.75) is 58.2 Å². The second-order valence-electron chi connectivity index (χ2n) is 7.11. The molecule has 6 heteroatoms. The van der Waals surface area contributed by atoms with Gasteiger partial charge in [0, 0.05) is 18.2 Å². The van der Waals surface area contributed by atoms with Gasteiger partial charge in [0.15, 0.2) is 0 Å². The first-order chi connectivity index (χ1) is 12.6. The van der Waals surface area contributed by atoms with Crippen LogP contribution in [0.3, 0.4) is 0 Å². The van der Waals surface area contributed by atoms with Crippen molar-refractivity contribution in [1.82, 2.24) is 15.1 Å². The number of halogens is 2. The number of ether oxygens (including phenoxy) is 1. The van der Waals surface area contributed by atoms with E-state index in [2.05, 4.69) is 12.2 Å². The highest BCUT2D eigenvalue weighted by Crippen LogP contribution is 2.35. The van der Waals surface area contributed by atoms with Crippen molar-refractivity contribution in [2.24, 2.45) is 5.92 Å². The minimum atomic E-state index is -0.342. The largest absolute Gasteiger partial charge is 0.473 e. The Bertz CT molecular complexity index is 728. The summed E-state index contributed by atoms with van der Waals surface area (Å²) >= 11 is 6.12. The maximum Gasteiger partial charge on any atom is 0.212 e. The molecule has 0 radical (unpaired) electrons. The van der Waals surface area contributed by atoms with Crippen LogP contribution in [0.4, 0.5) is 4.39 Å². The van der Waals surface area contributed by atoms with Crippen molar-refractivity contribution in [2.75, 3.05) is 7.05 Å². The molecule has 1 heterocycles. The molecule has 0 aliphatic heterocycles. The zero-order valence-electron chi connectivity index (χ0n) is 15.5. The molecule has 0 spiro atoms. The molecule has 0 amide bonds. The molecule has 1 aromatic heterocycles. The first-order valence-corrected chi connectivity index (χ1v) is 9.76. The van der Waals surface area contributed by atoms with Gasteiger partial charge in [-0.2, -0.15) is 5.10 Å². The molecule has 1 atom stereocenters. The second-order valence-corrected chi connectivity index (χ2v) is 7.52. The van der Waals surface area contributed by atoms with Gasteiger partial charge in [0.1, 0.15) is 12.4 Å². The van der Waals surface area contributed by atoms with Crippen LogP contribution in [0.1, 0.15) is 56.3 Å². The third-order valence-corrected chi connectivity index (χ3v) is 5.57. The average Bonchev–Trinajstić information content (AvgIpc) is 3.04. The molecule has 26 heavy (non-hydrogen) atoms. The lowest BCUT2D eigenvalue weighted by Gasteiger charge is -2.28. The van der Waals surface area contributed by atoms with Gasteiger partial charge in [-0.05, 0) is 44.9 Å². The number of aromatic nitrogens is 2. The predicted octanol–water partition coefficient (Wildman–Crippen LogP) is 5.12. The summed E-state index contributed by atoms with van der Waals surface area (Å²) < 4.78 is 21.3. The summed E-state index contributed by atoms with van der Waals surface area (Å²) in [6.07, 6.45) is 6.40. The summed E-state index contributed by atoms with van der Waals surface area (Å²) in [5, 5.41) is 8.28. The Morgan fingerprint density at radius 3 is 2.77 bits per heavy atom. The summed E-state index contributed by atoms with van der Waals surface area (Å²) in [7, 11) is 1.91. The molecule has 1 aliphatic rings. The fraction of sp³-hybridized carbons (Fsp3) is 0.550. The number of benzene rings is 1. The molecular formula is C20H27ClFN3O. The zero-order valence-corrected chi connectivity index (χ0v) is 16.2. The first kappa shape index (κ1) is 19.2. The lowest BCUT2D eigenvalue weighted by molar-refractivity contribution is 0.209. The Hall–Kier alpha value is -1.59. The summed E-state index contributed by atoms with van der Waals surface area (Å²) in [5.74, 6) is 1.03. The number of hydrogen-bond donors (Lipinski definition) is 1. The van der Waals surface area contributed by atoms with E-state index in [9.17, 15) is 4.39 Å². The van der Waals surface area contributed by atoms with Crippen molar-refractivity contribution >= 4 is 11.6 Å². The molecule has 1 N–H and O–H groups in total. The second kappa shape index (κ2) is 8.87. The van der Waals surface area contributed by atoms with E-state index in [0.29, 0.717) is 30.1 Å². The third kappa shape index (κ3) is 4.57. The molecule has 4 nitrogen and oxygen atoms in total. The molecule has 2 aromatic rings. The van der Waals surface area contributed by atoms with Gasteiger partial charge in [-0.25, -0.2) is 9.07 Å². The minimum absolute atomic E-state index is 0.291. The van der Waals surface area contributed by atoms with Gasteiger partial charge in [-0.3, -0.25) is 0 Å². The van der Waals surface area contributed by atoms with E-state index in [1.807, 2.05) is 17.8 Å². The number of nitrogens with zero attached hydrogens (tertiary/aromatic N) is 2. The fourth-order valence-electron chi connectivity index (χ4n) is 3.70. The zero-order chi connectivity index (χ0) is 18.5. The van der Waals surface area contributed by atoms with Crippen LogP contribution < -0.4 is 10.1 Å². The molecule has 0 saturated heterocycles. The van der Waals surface area contributed by atoms with Gasteiger partial charge in [0.05, 0.1) is 16.8 Å². The number of hydrogen-bond acceptors (Lipinski definition) is 3. The van der Waals surface area contributed by atoms with Crippen molar-refractivity contribution in [1.29, 1.82) is 0 Å². The van der Waals surface area contributed by atoms with Crippen LogP contribution in [-0.4, -0.2) is 16.8 Å². The van der Waals surface area contributed by atoms with Crippen LogP contribution in [0, 0.1) is 11.7 Å². The highest BCUT2D eigenvalue weighted by atomic mass is 35.5. The van der Waals surface area contributed by atoms with E-state index < -0.39 is 0 Å². The maximum absolute atomic E-state index is 13.2. The van der Waals surface area contributed by atoms with E-state index in [1.54, 1.807) is 6.07 Å². The topological polar surface area (TPSA) is 39.1 Å². The van der Waals surface area contributed by atoms with E-state index in [0.717, 1.165) is 17.1 Å². The highest BCUT2D eigenvalue weighted by molar-refractivity contribution is 6.31. The van der Waals surface area contributed by atoms with E-state index in [-0.39, 0.29) is 5.82 Å². The average molecular weight is 380 g/mol. The molecule has 142 valence electrons. The Morgan fingerprint density at radius 1 is 1.31 bits per heavy atom. The van der Waals surface area contributed by atoms with E-state index >= 15 is 0 Å². The fourth-order valence-corrected chi connectivity index (χ4v) is 3.92. The number of rotatable bonds is 7. The van der Waals surface area contributed by atoms with Crippen LogP contribution >= 0.6 is 11.6 Å². The summed E-state index contributed by atoms with van der Waals surface area (Å²) in [4.78, 5) is 0. The smallest absolute Gasteiger partial charge is 0.212 e. The normalized spacial score (nSPS) is 16.6. The highest BCUT2D eigenvalue weighted by Gasteiger charge is 2.25. The summed E-state index contributed by atoms with van der Waals surface area (Å²) in [6.45, 7) is 3.21. The van der Waals surface area contributed by atoms with E-state index in [4.69, 9.17) is 21.4 Å². The number of nitrogens with one attached hydrogen (secondary N) is 1. The Labute approximate surface area is 159 Å². The molecule has 1 aromatic carbocycles. The van der Waals surface area contributed by atoms with Crippen LogP contribution in [0.25, 0.3) is 0 Å². The quantitative estimate of drug-likeness (QED) is 0.726. The third-order valence-electron chi connectivity index (χ3n) is 5.22. The van der Waals surface area contributed by atoms with Crippen LogP contribution in [0.2, 0.25) is 5.02 Å². The van der Waals surface area contributed by atoms with Crippen LogP contribution in [0.15, 0.2) is 24.3 Å². The lowest BCUT2D eigenvalue weighted by atomic mass is 9.85. The van der Waals surface area contributed by atoms with Gasteiger partial charge in [0.2, 0.25) is 5.88 Å². The Balaban J connectivity index is 1.78. The molecule has 3 rings (SSSR count). The molecule has 1 saturated carbocycles. The minimum Gasteiger partial charge on any atom is -0.473 e.